The van der Waals surface area contributed by atoms with Gasteiger partial charge in [0.1, 0.15) is 0 Å². The summed E-state index contributed by atoms with van der Waals surface area (Å²) in [6.07, 6.45) is 2.06. The number of aryl methyl sites for hydroxylation is 1. The van der Waals surface area contributed by atoms with Gasteiger partial charge in [-0.25, -0.2) is 0 Å². The molecule has 0 saturated heterocycles. The maximum atomic E-state index is 9.48. The molecule has 1 aromatic heterocycles. The van der Waals surface area contributed by atoms with Gasteiger partial charge in [0.2, 0.25) is 0 Å². The van der Waals surface area contributed by atoms with E-state index in [0.29, 0.717) is 0 Å². The first-order chi connectivity index (χ1) is 7.47. The number of aromatic nitrogens is 1. The van der Waals surface area contributed by atoms with E-state index >= 15 is 0 Å². The van der Waals surface area contributed by atoms with Crippen LogP contribution in [0.4, 0.5) is 0 Å². The molecular weight excluding hydrogens is 266 g/mol. The van der Waals surface area contributed by atoms with Gasteiger partial charge in [-0.05, 0) is 21.5 Å². The molecule has 1 N–H and O–H groups in total. The molecule has 0 saturated carbocycles. The van der Waals surface area contributed by atoms with Crippen molar-refractivity contribution in [1.82, 2.24) is 4.57 Å². The molecular formula is C13H16BrNO. The number of aliphatic hydroxyl groups is 1. The molecule has 16 heavy (non-hydrogen) atoms. The third-order valence-corrected chi connectivity index (χ3v) is 3.71. The molecule has 0 bridgehead atoms. The van der Waals surface area contributed by atoms with Crippen LogP contribution < -0.4 is 0 Å². The van der Waals surface area contributed by atoms with Gasteiger partial charge in [-0.2, -0.15) is 0 Å². The van der Waals surface area contributed by atoms with E-state index in [-0.39, 0.29) is 12.0 Å². The number of benzene rings is 1. The fourth-order valence-electron chi connectivity index (χ4n) is 2.05. The molecule has 0 atom stereocenters. The molecule has 2 aromatic rings. The summed E-state index contributed by atoms with van der Waals surface area (Å²) in [6.45, 7) is 4.26. The van der Waals surface area contributed by atoms with E-state index in [1.165, 1.54) is 16.5 Å². The fraction of sp³-hybridized carbons (Fsp3) is 0.385. The average Bonchev–Trinajstić information content (AvgIpc) is 2.55. The number of aliphatic hydroxyl groups excluding tert-OH is 1. The second-order valence-electron chi connectivity index (χ2n) is 4.83. The first kappa shape index (κ1) is 11.7. The number of halogens is 1. The lowest BCUT2D eigenvalue weighted by Crippen LogP contribution is -2.22. The Morgan fingerprint density at radius 1 is 1.38 bits per heavy atom. The summed E-state index contributed by atoms with van der Waals surface area (Å²) in [7, 11) is 2.03. The summed E-state index contributed by atoms with van der Waals surface area (Å²) < 4.78 is 3.20. The highest BCUT2D eigenvalue weighted by Gasteiger charge is 2.23. The lowest BCUT2D eigenvalue weighted by Gasteiger charge is -2.23. The second kappa shape index (κ2) is 3.90. The number of fused-ring (bicyclic) bond motifs is 1. The fourth-order valence-corrected chi connectivity index (χ4v) is 2.68. The van der Waals surface area contributed by atoms with Crippen molar-refractivity contribution in [3.05, 3.63) is 34.4 Å². The van der Waals surface area contributed by atoms with Crippen molar-refractivity contribution in [2.45, 2.75) is 19.3 Å². The number of nitrogens with zero attached hydrogens (tertiary/aromatic N) is 1. The van der Waals surface area contributed by atoms with Crippen LogP contribution in [0, 0.1) is 0 Å². The normalized spacial score (nSPS) is 12.3. The quantitative estimate of drug-likeness (QED) is 0.899. The molecule has 0 aliphatic heterocycles. The zero-order chi connectivity index (χ0) is 11.9. The maximum Gasteiger partial charge on any atom is 0.0528 e. The Balaban J connectivity index is 2.81. The van der Waals surface area contributed by atoms with Crippen LogP contribution in [-0.2, 0) is 12.5 Å². The van der Waals surface area contributed by atoms with Gasteiger partial charge in [-0.15, -0.1) is 0 Å². The third-order valence-electron chi connectivity index (χ3n) is 3.08. The smallest absolute Gasteiger partial charge is 0.0528 e. The van der Waals surface area contributed by atoms with Crippen LogP contribution in [-0.4, -0.2) is 16.3 Å². The molecule has 0 fully saturated rings. The van der Waals surface area contributed by atoms with Gasteiger partial charge in [0.05, 0.1) is 12.1 Å². The van der Waals surface area contributed by atoms with Crippen molar-refractivity contribution in [3.8, 4) is 0 Å². The monoisotopic (exact) mass is 281 g/mol. The molecule has 0 spiro atoms. The Morgan fingerprint density at radius 2 is 2.06 bits per heavy atom. The molecule has 2 nitrogen and oxygen atoms in total. The third kappa shape index (κ3) is 1.68. The molecule has 1 aromatic carbocycles. The summed E-state index contributed by atoms with van der Waals surface area (Å²) in [5, 5.41) is 10.7. The van der Waals surface area contributed by atoms with Crippen molar-refractivity contribution in [2.75, 3.05) is 6.61 Å². The first-order valence-electron chi connectivity index (χ1n) is 5.32. The van der Waals surface area contributed by atoms with Crippen molar-refractivity contribution in [3.63, 3.8) is 0 Å². The molecule has 0 radical (unpaired) electrons. The van der Waals surface area contributed by atoms with E-state index in [9.17, 15) is 5.11 Å². The van der Waals surface area contributed by atoms with Gasteiger partial charge in [0.25, 0.3) is 0 Å². The average molecular weight is 282 g/mol. The van der Waals surface area contributed by atoms with E-state index in [0.717, 1.165) is 4.47 Å². The van der Waals surface area contributed by atoms with Gasteiger partial charge < -0.3 is 9.67 Å². The van der Waals surface area contributed by atoms with Gasteiger partial charge >= 0.3 is 0 Å². The highest BCUT2D eigenvalue weighted by molar-refractivity contribution is 9.10. The summed E-state index contributed by atoms with van der Waals surface area (Å²) in [6, 6.07) is 6.22. The number of rotatable bonds is 2. The van der Waals surface area contributed by atoms with Gasteiger partial charge in [0.15, 0.2) is 0 Å². The lowest BCUT2D eigenvalue weighted by atomic mass is 9.84. The first-order valence-corrected chi connectivity index (χ1v) is 6.11. The Hall–Kier alpha value is -0.800. The number of hydrogen-bond donors (Lipinski definition) is 1. The predicted octanol–water partition coefficient (Wildman–Crippen LogP) is 3.21. The molecule has 0 aliphatic rings. The SMILES string of the molecule is Cn1cc(Br)c2cccc(C(C)(C)CO)c21. The molecule has 3 heteroatoms. The van der Waals surface area contributed by atoms with Crippen LogP contribution in [0.2, 0.25) is 0 Å². The van der Waals surface area contributed by atoms with Crippen molar-refractivity contribution >= 4 is 26.8 Å². The number of hydrogen-bond acceptors (Lipinski definition) is 1. The summed E-state index contributed by atoms with van der Waals surface area (Å²) >= 11 is 3.56. The van der Waals surface area contributed by atoms with Gasteiger partial charge in [0, 0.05) is 28.5 Å². The van der Waals surface area contributed by atoms with Crippen LogP contribution in [0.1, 0.15) is 19.4 Å². The zero-order valence-corrected chi connectivity index (χ0v) is 11.4. The summed E-state index contributed by atoms with van der Waals surface area (Å²) in [5.74, 6) is 0. The van der Waals surface area contributed by atoms with E-state index in [4.69, 9.17) is 0 Å². The largest absolute Gasteiger partial charge is 0.395 e. The van der Waals surface area contributed by atoms with E-state index in [2.05, 4.69) is 52.7 Å². The van der Waals surface area contributed by atoms with Gasteiger partial charge in [-0.3, -0.25) is 0 Å². The van der Waals surface area contributed by atoms with Crippen molar-refractivity contribution < 1.29 is 5.11 Å². The molecule has 1 heterocycles. The molecule has 2 rings (SSSR count). The predicted molar refractivity (Wildman–Crippen MR) is 70.7 cm³/mol. The minimum Gasteiger partial charge on any atom is -0.395 e. The minimum absolute atomic E-state index is 0.148. The van der Waals surface area contributed by atoms with E-state index in [1.807, 2.05) is 13.1 Å². The van der Waals surface area contributed by atoms with Crippen LogP contribution >= 0.6 is 15.9 Å². The number of para-hydroxylation sites is 1. The standard InChI is InChI=1S/C13H16BrNO/c1-13(2,8-16)10-6-4-5-9-11(14)7-15(3)12(9)10/h4-7,16H,8H2,1-3H3. The maximum absolute atomic E-state index is 9.48. The lowest BCUT2D eigenvalue weighted by molar-refractivity contribution is 0.219. The Labute approximate surface area is 104 Å². The summed E-state index contributed by atoms with van der Waals surface area (Å²) in [4.78, 5) is 0. The van der Waals surface area contributed by atoms with E-state index in [1.54, 1.807) is 0 Å². The van der Waals surface area contributed by atoms with Crippen LogP contribution in [0.25, 0.3) is 10.9 Å². The Kier molecular flexibility index (Phi) is 2.84. The topological polar surface area (TPSA) is 25.2 Å². The highest BCUT2D eigenvalue weighted by atomic mass is 79.9. The summed E-state index contributed by atoms with van der Waals surface area (Å²) in [5.41, 5.74) is 2.15. The highest BCUT2D eigenvalue weighted by Crippen LogP contribution is 2.34. The van der Waals surface area contributed by atoms with E-state index < -0.39 is 0 Å². The van der Waals surface area contributed by atoms with Gasteiger partial charge in [-0.1, -0.05) is 32.0 Å². The van der Waals surface area contributed by atoms with Crippen molar-refractivity contribution in [2.24, 2.45) is 7.05 Å². The molecule has 0 amide bonds. The Bertz CT molecular complexity index is 528. The van der Waals surface area contributed by atoms with Crippen LogP contribution in [0.15, 0.2) is 28.9 Å². The van der Waals surface area contributed by atoms with Crippen LogP contribution in [0.5, 0.6) is 0 Å². The molecule has 0 aliphatic carbocycles. The second-order valence-corrected chi connectivity index (χ2v) is 5.69. The van der Waals surface area contributed by atoms with Crippen LogP contribution in [0.3, 0.4) is 0 Å². The molecule has 86 valence electrons. The Morgan fingerprint density at radius 3 is 2.69 bits per heavy atom. The molecule has 0 unspecified atom stereocenters. The van der Waals surface area contributed by atoms with Crippen molar-refractivity contribution in [1.29, 1.82) is 0 Å². The minimum atomic E-state index is -0.217. The zero-order valence-electron chi connectivity index (χ0n) is 9.79.